The molecule has 1 rings (SSSR count). The van der Waals surface area contributed by atoms with Crippen LogP contribution in [0.15, 0.2) is 0 Å². The summed E-state index contributed by atoms with van der Waals surface area (Å²) in [5, 5.41) is 9.13. The van der Waals surface area contributed by atoms with Gasteiger partial charge in [-0.1, -0.05) is 72.1 Å². The van der Waals surface area contributed by atoms with Crippen LogP contribution in [0.5, 0.6) is 0 Å². The molecule has 1 aliphatic rings. The summed E-state index contributed by atoms with van der Waals surface area (Å²) in [7, 11) is 0. The molecule has 0 aromatic heterocycles. The van der Waals surface area contributed by atoms with E-state index in [2.05, 4.69) is 20.8 Å². The Labute approximate surface area is 179 Å². The summed E-state index contributed by atoms with van der Waals surface area (Å²) >= 11 is 0. The van der Waals surface area contributed by atoms with Gasteiger partial charge in [-0.3, -0.25) is 9.59 Å². The Morgan fingerprint density at radius 2 is 1.31 bits per heavy atom. The van der Waals surface area contributed by atoms with Crippen molar-refractivity contribution in [3.05, 3.63) is 0 Å². The van der Waals surface area contributed by atoms with Crippen LogP contribution in [-0.4, -0.2) is 23.1 Å². The maximum absolute atomic E-state index is 12.6. The zero-order chi connectivity index (χ0) is 21.5. The van der Waals surface area contributed by atoms with Crippen molar-refractivity contribution in [1.29, 1.82) is 0 Å². The van der Waals surface area contributed by atoms with Gasteiger partial charge in [0.15, 0.2) is 0 Å². The lowest BCUT2D eigenvalue weighted by Crippen LogP contribution is -2.30. The topological polar surface area (TPSA) is 63.6 Å². The number of carboxylic acid groups (broad SMARTS) is 1. The lowest BCUT2D eigenvalue weighted by molar-refractivity contribution is -0.158. The van der Waals surface area contributed by atoms with E-state index in [1.807, 2.05) is 0 Å². The Bertz CT molecular complexity index is 438. The van der Waals surface area contributed by atoms with Gasteiger partial charge < -0.3 is 9.84 Å². The van der Waals surface area contributed by atoms with Crippen molar-refractivity contribution in [3.8, 4) is 0 Å². The second-order valence-electron chi connectivity index (χ2n) is 9.53. The summed E-state index contributed by atoms with van der Waals surface area (Å²) in [6, 6.07) is 0. The zero-order valence-corrected chi connectivity index (χ0v) is 19.3. The molecule has 29 heavy (non-hydrogen) atoms. The van der Waals surface area contributed by atoms with E-state index in [0.29, 0.717) is 31.6 Å². The summed E-state index contributed by atoms with van der Waals surface area (Å²) < 4.78 is 5.92. The van der Waals surface area contributed by atoms with Crippen molar-refractivity contribution in [3.63, 3.8) is 0 Å². The molecular weight excluding hydrogens is 364 g/mol. The highest BCUT2D eigenvalue weighted by atomic mass is 16.5. The van der Waals surface area contributed by atoms with E-state index >= 15 is 0 Å². The quantitative estimate of drug-likeness (QED) is 0.217. The number of ether oxygens (including phenoxy) is 1. The van der Waals surface area contributed by atoms with E-state index in [4.69, 9.17) is 9.84 Å². The highest BCUT2D eigenvalue weighted by molar-refractivity contribution is 5.74. The molecule has 0 saturated heterocycles. The molecular formula is C25H46O4. The van der Waals surface area contributed by atoms with Gasteiger partial charge in [0.2, 0.25) is 0 Å². The van der Waals surface area contributed by atoms with Gasteiger partial charge in [-0.2, -0.15) is 0 Å². The third kappa shape index (κ3) is 12.3. The molecule has 1 atom stereocenters. The molecule has 0 aromatic carbocycles. The van der Waals surface area contributed by atoms with Crippen LogP contribution in [0.25, 0.3) is 0 Å². The number of unbranched alkanes of at least 4 members (excludes halogenated alkanes) is 8. The number of esters is 1. The molecule has 4 nitrogen and oxygen atoms in total. The number of aliphatic carboxylic acids is 1. The van der Waals surface area contributed by atoms with Crippen molar-refractivity contribution in [2.75, 3.05) is 0 Å². The first-order valence-electron chi connectivity index (χ1n) is 12.4. The fourth-order valence-electron chi connectivity index (χ4n) is 4.30. The Morgan fingerprint density at radius 3 is 1.83 bits per heavy atom. The maximum Gasteiger partial charge on any atom is 0.309 e. The van der Waals surface area contributed by atoms with Crippen molar-refractivity contribution in [1.82, 2.24) is 0 Å². The van der Waals surface area contributed by atoms with Crippen LogP contribution in [0.1, 0.15) is 124 Å². The minimum Gasteiger partial charge on any atom is -0.481 e. The molecule has 0 spiro atoms. The van der Waals surface area contributed by atoms with Gasteiger partial charge in [-0.05, 0) is 57.3 Å². The predicted octanol–water partition coefficient (Wildman–Crippen LogP) is 7.15. The zero-order valence-electron chi connectivity index (χ0n) is 19.3. The number of hydrogen-bond acceptors (Lipinski definition) is 3. The average molecular weight is 411 g/mol. The molecule has 4 heteroatoms. The molecule has 0 radical (unpaired) electrons. The van der Waals surface area contributed by atoms with Gasteiger partial charge in [0, 0.05) is 0 Å². The van der Waals surface area contributed by atoms with Gasteiger partial charge >= 0.3 is 11.9 Å². The molecule has 0 amide bonds. The molecule has 170 valence electrons. The van der Waals surface area contributed by atoms with Crippen LogP contribution >= 0.6 is 0 Å². The highest BCUT2D eigenvalue weighted by Crippen LogP contribution is 2.30. The summed E-state index contributed by atoms with van der Waals surface area (Å²) in [4.78, 5) is 23.7. The van der Waals surface area contributed by atoms with Gasteiger partial charge in [0.1, 0.15) is 6.10 Å². The molecule has 1 unspecified atom stereocenters. The summed E-state index contributed by atoms with van der Waals surface area (Å²) in [6.45, 7) is 6.68. The SMILES string of the molecule is CCCCCCCCCCCC(CCC(C)C)OC(=O)C1CCC(C(=O)O)CC1. The predicted molar refractivity (Wildman–Crippen MR) is 119 cm³/mol. The Morgan fingerprint density at radius 1 is 0.793 bits per heavy atom. The van der Waals surface area contributed by atoms with Crippen molar-refractivity contribution < 1.29 is 19.4 Å². The van der Waals surface area contributed by atoms with Gasteiger partial charge in [-0.15, -0.1) is 0 Å². The molecule has 1 fully saturated rings. The minimum absolute atomic E-state index is 0.0339. The lowest BCUT2D eigenvalue weighted by Gasteiger charge is -2.27. The van der Waals surface area contributed by atoms with E-state index < -0.39 is 5.97 Å². The van der Waals surface area contributed by atoms with Crippen LogP contribution in [0, 0.1) is 17.8 Å². The largest absolute Gasteiger partial charge is 0.481 e. The average Bonchev–Trinajstić information content (AvgIpc) is 2.70. The van der Waals surface area contributed by atoms with Crippen LogP contribution in [0.3, 0.4) is 0 Å². The molecule has 1 N–H and O–H groups in total. The van der Waals surface area contributed by atoms with E-state index in [1.54, 1.807) is 0 Å². The van der Waals surface area contributed by atoms with Gasteiger partial charge in [0.05, 0.1) is 11.8 Å². The molecule has 0 aliphatic heterocycles. The number of rotatable bonds is 16. The Hall–Kier alpha value is -1.06. The smallest absolute Gasteiger partial charge is 0.309 e. The van der Waals surface area contributed by atoms with E-state index in [-0.39, 0.29) is 23.9 Å². The van der Waals surface area contributed by atoms with Gasteiger partial charge in [-0.25, -0.2) is 0 Å². The van der Waals surface area contributed by atoms with Crippen molar-refractivity contribution >= 4 is 11.9 Å². The van der Waals surface area contributed by atoms with E-state index in [1.165, 1.54) is 51.4 Å². The van der Waals surface area contributed by atoms with E-state index in [0.717, 1.165) is 25.7 Å². The monoisotopic (exact) mass is 410 g/mol. The lowest BCUT2D eigenvalue weighted by atomic mass is 9.82. The third-order valence-electron chi connectivity index (χ3n) is 6.39. The Balaban J connectivity index is 2.28. The van der Waals surface area contributed by atoms with Crippen molar-refractivity contribution in [2.24, 2.45) is 17.8 Å². The fraction of sp³-hybridized carbons (Fsp3) is 0.920. The fourth-order valence-corrected chi connectivity index (χ4v) is 4.30. The first kappa shape index (κ1) is 26.0. The number of hydrogen-bond donors (Lipinski definition) is 1. The summed E-state index contributed by atoms with van der Waals surface area (Å²) in [6.07, 6.45) is 17.3. The molecule has 0 bridgehead atoms. The summed E-state index contributed by atoms with van der Waals surface area (Å²) in [5.41, 5.74) is 0. The van der Waals surface area contributed by atoms with Crippen LogP contribution in [0.4, 0.5) is 0 Å². The van der Waals surface area contributed by atoms with E-state index in [9.17, 15) is 9.59 Å². The first-order valence-corrected chi connectivity index (χ1v) is 12.4. The number of carbonyl (C=O) groups excluding carboxylic acids is 1. The second-order valence-corrected chi connectivity index (χ2v) is 9.53. The van der Waals surface area contributed by atoms with Crippen LogP contribution in [-0.2, 0) is 14.3 Å². The second kappa shape index (κ2) is 15.7. The molecule has 1 saturated carbocycles. The Kier molecular flexibility index (Phi) is 14.1. The first-order chi connectivity index (χ1) is 13.9. The molecule has 0 aromatic rings. The van der Waals surface area contributed by atoms with Gasteiger partial charge in [0.25, 0.3) is 0 Å². The number of carbonyl (C=O) groups is 2. The normalized spacial score (nSPS) is 20.6. The minimum atomic E-state index is -0.725. The summed E-state index contributed by atoms with van der Waals surface area (Å²) in [5.74, 6) is -0.575. The van der Waals surface area contributed by atoms with Crippen LogP contribution in [0.2, 0.25) is 0 Å². The highest BCUT2D eigenvalue weighted by Gasteiger charge is 2.31. The van der Waals surface area contributed by atoms with Crippen molar-refractivity contribution in [2.45, 2.75) is 130 Å². The third-order valence-corrected chi connectivity index (χ3v) is 6.39. The molecule has 1 aliphatic carbocycles. The maximum atomic E-state index is 12.6. The standard InChI is InChI=1S/C25H46O4/c1-4-5-6-7-8-9-10-11-12-13-23(19-14-20(2)3)29-25(28)22-17-15-21(16-18-22)24(26)27/h20-23H,4-19H2,1-3H3,(H,26,27). The molecule has 0 heterocycles. The van der Waals surface area contributed by atoms with Crippen LogP contribution < -0.4 is 0 Å². The number of carboxylic acids is 1.